The van der Waals surface area contributed by atoms with Gasteiger partial charge >= 0.3 is 5.97 Å². The monoisotopic (exact) mass is 269 g/mol. The number of benzene rings is 1. The fourth-order valence-electron chi connectivity index (χ4n) is 1.67. The number of esters is 1. The Kier molecular flexibility index (Phi) is 5.59. The average molecular weight is 269 g/mol. The maximum Gasteiger partial charge on any atom is 0.307 e. The average Bonchev–Trinajstić information content (AvgIpc) is 2.45. The second-order valence-corrected chi connectivity index (χ2v) is 4.00. The van der Waals surface area contributed by atoms with Crippen LogP contribution in [0.1, 0.15) is 18.1 Å². The Morgan fingerprint density at radius 2 is 1.89 bits per heavy atom. The molecule has 0 saturated heterocycles. The van der Waals surface area contributed by atoms with E-state index in [0.717, 1.165) is 0 Å². The summed E-state index contributed by atoms with van der Waals surface area (Å²) >= 11 is 0. The Balaban J connectivity index is 2.87. The van der Waals surface area contributed by atoms with Crippen LogP contribution in [0, 0.1) is 0 Å². The third-order valence-corrected chi connectivity index (χ3v) is 2.78. The van der Waals surface area contributed by atoms with Crippen molar-refractivity contribution in [1.29, 1.82) is 0 Å². The van der Waals surface area contributed by atoms with Crippen molar-refractivity contribution in [3.8, 4) is 11.5 Å². The van der Waals surface area contributed by atoms with Gasteiger partial charge < -0.3 is 25.1 Å². The third kappa shape index (κ3) is 3.84. The lowest BCUT2D eigenvalue weighted by atomic mass is 10.00. The molecular weight excluding hydrogens is 250 g/mol. The Morgan fingerprint density at radius 1 is 1.26 bits per heavy atom. The van der Waals surface area contributed by atoms with Gasteiger partial charge in [-0.3, -0.25) is 4.79 Å². The normalized spacial score (nSPS) is 13.5. The molecule has 0 amide bonds. The number of nitrogens with two attached hydrogens (primary N) is 1. The van der Waals surface area contributed by atoms with Gasteiger partial charge in [0.15, 0.2) is 11.5 Å². The third-order valence-electron chi connectivity index (χ3n) is 2.78. The molecule has 1 aromatic carbocycles. The number of hydrogen-bond acceptors (Lipinski definition) is 6. The van der Waals surface area contributed by atoms with Crippen LogP contribution in [0.2, 0.25) is 0 Å². The first-order valence-corrected chi connectivity index (χ1v) is 5.75. The van der Waals surface area contributed by atoms with Gasteiger partial charge in [-0.15, -0.1) is 0 Å². The van der Waals surface area contributed by atoms with Crippen molar-refractivity contribution >= 4 is 5.97 Å². The number of aliphatic hydroxyl groups excluding tert-OH is 1. The molecule has 0 aliphatic heterocycles. The quantitative estimate of drug-likeness (QED) is 0.736. The van der Waals surface area contributed by atoms with E-state index >= 15 is 0 Å². The lowest BCUT2D eigenvalue weighted by Gasteiger charge is -2.19. The lowest BCUT2D eigenvalue weighted by Crippen LogP contribution is -2.31. The zero-order valence-electron chi connectivity index (χ0n) is 11.3. The first-order valence-electron chi connectivity index (χ1n) is 5.75. The molecule has 6 heteroatoms. The molecule has 1 rings (SSSR count). The molecular formula is C13H19NO5. The Labute approximate surface area is 112 Å². The summed E-state index contributed by atoms with van der Waals surface area (Å²) in [6.07, 6.45) is -1.05. The van der Waals surface area contributed by atoms with E-state index in [-0.39, 0.29) is 6.42 Å². The predicted molar refractivity (Wildman–Crippen MR) is 69.1 cm³/mol. The van der Waals surface area contributed by atoms with Crippen LogP contribution in [0.3, 0.4) is 0 Å². The van der Waals surface area contributed by atoms with E-state index < -0.39 is 18.1 Å². The maximum absolute atomic E-state index is 11.1. The smallest absolute Gasteiger partial charge is 0.307 e. The number of ether oxygens (including phenoxy) is 3. The number of hydrogen-bond donors (Lipinski definition) is 2. The minimum absolute atomic E-state index is 0.0635. The molecule has 1 aromatic rings. The molecule has 0 bridgehead atoms. The van der Waals surface area contributed by atoms with Crippen LogP contribution in [0.25, 0.3) is 0 Å². The molecule has 0 aliphatic rings. The summed E-state index contributed by atoms with van der Waals surface area (Å²) in [5.41, 5.74) is 6.31. The van der Waals surface area contributed by atoms with Gasteiger partial charge in [-0.25, -0.2) is 0 Å². The summed E-state index contributed by atoms with van der Waals surface area (Å²) in [6, 6.07) is 4.22. The topological polar surface area (TPSA) is 91.0 Å². The van der Waals surface area contributed by atoms with E-state index in [1.54, 1.807) is 18.2 Å². The minimum Gasteiger partial charge on any atom is -0.493 e. The van der Waals surface area contributed by atoms with E-state index in [9.17, 15) is 9.90 Å². The first-order chi connectivity index (χ1) is 9.03. The lowest BCUT2D eigenvalue weighted by molar-refractivity contribution is -0.141. The van der Waals surface area contributed by atoms with Gasteiger partial charge in [-0.2, -0.15) is 0 Å². The van der Waals surface area contributed by atoms with E-state index in [1.165, 1.54) is 21.3 Å². The summed E-state index contributed by atoms with van der Waals surface area (Å²) in [5, 5.41) is 10.1. The van der Waals surface area contributed by atoms with Crippen molar-refractivity contribution in [1.82, 2.24) is 0 Å². The maximum atomic E-state index is 11.1. The largest absolute Gasteiger partial charge is 0.493 e. The first kappa shape index (κ1) is 15.3. The highest BCUT2D eigenvalue weighted by molar-refractivity contribution is 5.70. The van der Waals surface area contributed by atoms with E-state index in [2.05, 4.69) is 4.74 Å². The molecule has 0 saturated carbocycles. The van der Waals surface area contributed by atoms with Gasteiger partial charge in [0.2, 0.25) is 0 Å². The summed E-state index contributed by atoms with van der Waals surface area (Å²) in [7, 11) is 4.30. The van der Waals surface area contributed by atoms with Crippen LogP contribution in [-0.2, 0) is 9.53 Å². The molecule has 0 radical (unpaired) electrons. The fourth-order valence-corrected chi connectivity index (χ4v) is 1.67. The van der Waals surface area contributed by atoms with Crippen molar-refractivity contribution in [2.45, 2.75) is 18.6 Å². The highest BCUT2D eigenvalue weighted by Gasteiger charge is 2.21. The van der Waals surface area contributed by atoms with Crippen molar-refractivity contribution in [3.63, 3.8) is 0 Å². The highest BCUT2D eigenvalue weighted by Crippen LogP contribution is 2.30. The number of carbonyl (C=O) groups is 1. The Bertz CT molecular complexity index is 435. The van der Waals surface area contributed by atoms with Crippen molar-refractivity contribution in [2.24, 2.45) is 5.73 Å². The molecule has 0 aromatic heterocycles. The summed E-state index contributed by atoms with van der Waals surface area (Å²) < 4.78 is 14.8. The van der Waals surface area contributed by atoms with Crippen LogP contribution in [0.5, 0.6) is 11.5 Å². The Morgan fingerprint density at radius 3 is 2.42 bits per heavy atom. The van der Waals surface area contributed by atoms with E-state index in [0.29, 0.717) is 17.1 Å². The van der Waals surface area contributed by atoms with Gasteiger partial charge in [-0.05, 0) is 17.7 Å². The zero-order chi connectivity index (χ0) is 14.4. The van der Waals surface area contributed by atoms with Crippen molar-refractivity contribution < 1.29 is 24.1 Å². The molecule has 0 heterocycles. The van der Waals surface area contributed by atoms with Crippen molar-refractivity contribution in [3.05, 3.63) is 23.8 Å². The highest BCUT2D eigenvalue weighted by atomic mass is 16.5. The molecule has 106 valence electrons. The number of carbonyl (C=O) groups excluding carboxylic acids is 1. The zero-order valence-corrected chi connectivity index (χ0v) is 11.3. The van der Waals surface area contributed by atoms with Gasteiger partial charge in [0.1, 0.15) is 0 Å². The Hall–Kier alpha value is -1.79. The number of rotatable bonds is 6. The van der Waals surface area contributed by atoms with Gasteiger partial charge in [0.25, 0.3) is 0 Å². The second-order valence-electron chi connectivity index (χ2n) is 4.00. The number of methoxy groups -OCH3 is 3. The SMILES string of the molecule is COC(=O)CC(N)C(O)c1ccc(OC)c(OC)c1. The predicted octanol–water partition coefficient (Wildman–Crippen LogP) is 0.628. The van der Waals surface area contributed by atoms with Crippen LogP contribution in [0.15, 0.2) is 18.2 Å². The van der Waals surface area contributed by atoms with E-state index in [4.69, 9.17) is 15.2 Å². The molecule has 0 fully saturated rings. The standard InChI is InChI=1S/C13H19NO5/c1-17-10-5-4-8(6-11(10)18-2)13(16)9(14)7-12(15)19-3/h4-6,9,13,16H,7,14H2,1-3H3. The molecule has 2 unspecified atom stereocenters. The minimum atomic E-state index is -0.987. The van der Waals surface area contributed by atoms with Crippen LogP contribution >= 0.6 is 0 Å². The molecule has 19 heavy (non-hydrogen) atoms. The van der Waals surface area contributed by atoms with Crippen molar-refractivity contribution in [2.75, 3.05) is 21.3 Å². The van der Waals surface area contributed by atoms with Gasteiger partial charge in [0, 0.05) is 6.04 Å². The molecule has 6 nitrogen and oxygen atoms in total. The summed E-state index contributed by atoms with van der Waals surface area (Å²) in [6.45, 7) is 0. The van der Waals surface area contributed by atoms with Crippen LogP contribution in [-0.4, -0.2) is 38.4 Å². The molecule has 0 spiro atoms. The van der Waals surface area contributed by atoms with Crippen LogP contribution < -0.4 is 15.2 Å². The van der Waals surface area contributed by atoms with Crippen LogP contribution in [0.4, 0.5) is 0 Å². The second kappa shape index (κ2) is 6.96. The summed E-state index contributed by atoms with van der Waals surface area (Å²) in [5.74, 6) is 0.580. The van der Waals surface area contributed by atoms with E-state index in [1.807, 2.05) is 0 Å². The number of aliphatic hydroxyl groups is 1. The van der Waals surface area contributed by atoms with Gasteiger partial charge in [0.05, 0.1) is 33.9 Å². The molecule has 3 N–H and O–H groups in total. The summed E-state index contributed by atoms with van der Waals surface area (Å²) in [4.78, 5) is 11.1. The molecule has 2 atom stereocenters. The molecule has 0 aliphatic carbocycles. The fraction of sp³-hybridized carbons (Fsp3) is 0.462. The van der Waals surface area contributed by atoms with Gasteiger partial charge in [-0.1, -0.05) is 6.07 Å².